The molecular weight excluding hydrogens is 344 g/mol. The van der Waals surface area contributed by atoms with Crippen LogP contribution in [0.25, 0.3) is 11.0 Å². The summed E-state index contributed by atoms with van der Waals surface area (Å²) in [5.41, 5.74) is 8.66. The van der Waals surface area contributed by atoms with Crippen molar-refractivity contribution in [3.05, 3.63) is 59.4 Å². The van der Waals surface area contributed by atoms with Crippen molar-refractivity contribution < 1.29 is 14.3 Å². The van der Waals surface area contributed by atoms with Crippen molar-refractivity contribution in [2.45, 2.75) is 26.7 Å². The maximum atomic E-state index is 11.9. The third-order valence-corrected chi connectivity index (χ3v) is 3.93. The quantitative estimate of drug-likeness (QED) is 0.584. The zero-order valence-electron chi connectivity index (χ0n) is 15.3. The molecule has 0 radical (unpaired) electrons. The van der Waals surface area contributed by atoms with E-state index in [2.05, 4.69) is 20.8 Å². The third-order valence-electron chi connectivity index (χ3n) is 3.93. The van der Waals surface area contributed by atoms with Crippen molar-refractivity contribution in [2.75, 3.05) is 6.61 Å². The van der Waals surface area contributed by atoms with Gasteiger partial charge >= 0.3 is 0 Å². The molecule has 3 rings (SSSR count). The number of ether oxygens (including phenoxy) is 1. The summed E-state index contributed by atoms with van der Waals surface area (Å²) in [5.74, 6) is 0.635. The number of nitrogens with zero attached hydrogens (tertiary/aromatic N) is 1. The van der Waals surface area contributed by atoms with Gasteiger partial charge in [0.25, 0.3) is 5.91 Å². The van der Waals surface area contributed by atoms with Crippen LogP contribution in [0.2, 0.25) is 0 Å². The lowest BCUT2D eigenvalue weighted by atomic mass is 10.1. The Morgan fingerprint density at radius 2 is 1.74 bits per heavy atom. The molecule has 0 atom stereocenters. The molecule has 1 aromatic heterocycles. The number of para-hydroxylation sites is 2. The Bertz CT molecular complexity index is 912. The molecule has 0 saturated heterocycles. The van der Waals surface area contributed by atoms with E-state index in [-0.39, 0.29) is 18.9 Å². The average molecular weight is 366 g/mol. The van der Waals surface area contributed by atoms with E-state index in [1.165, 1.54) is 0 Å². The lowest BCUT2D eigenvalue weighted by molar-refractivity contribution is -0.130. The zero-order chi connectivity index (χ0) is 19.2. The third kappa shape index (κ3) is 5.31. The number of fused-ring (bicyclic) bond motifs is 1. The van der Waals surface area contributed by atoms with E-state index in [4.69, 9.17) is 4.74 Å². The second kappa shape index (κ2) is 8.35. The number of hydrogen-bond acceptors (Lipinski definition) is 4. The molecule has 7 nitrogen and oxygen atoms in total. The van der Waals surface area contributed by atoms with Crippen LogP contribution < -0.4 is 15.6 Å². The molecule has 0 aliphatic carbocycles. The number of aryl methyl sites for hydroxylation is 3. The van der Waals surface area contributed by atoms with E-state index in [0.29, 0.717) is 12.2 Å². The van der Waals surface area contributed by atoms with Crippen molar-refractivity contribution in [1.29, 1.82) is 0 Å². The van der Waals surface area contributed by atoms with Crippen LogP contribution in [0, 0.1) is 13.8 Å². The molecule has 0 aliphatic heterocycles. The first-order valence-electron chi connectivity index (χ1n) is 8.72. The second-order valence-electron chi connectivity index (χ2n) is 6.41. The molecule has 3 aromatic rings. The number of carbonyl (C=O) groups is 2. The van der Waals surface area contributed by atoms with Crippen molar-refractivity contribution in [1.82, 2.24) is 20.8 Å². The maximum absolute atomic E-state index is 11.9. The average Bonchev–Trinajstić information content (AvgIpc) is 3.05. The summed E-state index contributed by atoms with van der Waals surface area (Å²) >= 11 is 0. The Morgan fingerprint density at radius 1 is 1.04 bits per heavy atom. The fourth-order valence-electron chi connectivity index (χ4n) is 2.76. The van der Waals surface area contributed by atoms with E-state index in [9.17, 15) is 9.59 Å². The molecule has 0 saturated carbocycles. The van der Waals surface area contributed by atoms with Gasteiger partial charge in [-0.3, -0.25) is 20.4 Å². The number of hydrazine groups is 1. The fourth-order valence-corrected chi connectivity index (χ4v) is 2.76. The molecule has 1 heterocycles. The minimum atomic E-state index is -0.425. The predicted octanol–water partition coefficient (Wildman–Crippen LogP) is 2.34. The Morgan fingerprint density at radius 3 is 2.48 bits per heavy atom. The minimum Gasteiger partial charge on any atom is -0.484 e. The Kier molecular flexibility index (Phi) is 5.71. The number of aromatic amines is 1. The SMILES string of the molecule is Cc1cc(C)cc(OCC(=O)NNC(=O)CCc2nc3ccccc3[nH]2)c1. The molecule has 0 bridgehead atoms. The van der Waals surface area contributed by atoms with E-state index in [1.54, 1.807) is 0 Å². The summed E-state index contributed by atoms with van der Waals surface area (Å²) in [5, 5.41) is 0. The smallest absolute Gasteiger partial charge is 0.276 e. The highest BCUT2D eigenvalue weighted by atomic mass is 16.5. The molecule has 27 heavy (non-hydrogen) atoms. The lowest BCUT2D eigenvalue weighted by Crippen LogP contribution is -2.43. The molecule has 3 N–H and O–H groups in total. The van der Waals surface area contributed by atoms with Gasteiger partial charge in [-0.15, -0.1) is 0 Å². The summed E-state index contributed by atoms with van der Waals surface area (Å²) in [6, 6.07) is 13.4. The largest absolute Gasteiger partial charge is 0.484 e. The van der Waals surface area contributed by atoms with E-state index < -0.39 is 5.91 Å². The second-order valence-corrected chi connectivity index (χ2v) is 6.41. The number of amides is 2. The summed E-state index contributed by atoms with van der Waals surface area (Å²) in [6.07, 6.45) is 0.660. The van der Waals surface area contributed by atoms with Gasteiger partial charge in [0.2, 0.25) is 5.91 Å². The highest BCUT2D eigenvalue weighted by Gasteiger charge is 2.08. The highest BCUT2D eigenvalue weighted by Crippen LogP contribution is 2.16. The molecule has 140 valence electrons. The van der Waals surface area contributed by atoms with Gasteiger partial charge in [0.1, 0.15) is 11.6 Å². The minimum absolute atomic E-state index is 0.174. The van der Waals surface area contributed by atoms with Crippen LogP contribution in [0.5, 0.6) is 5.75 Å². The number of hydrogen-bond donors (Lipinski definition) is 3. The number of imidazole rings is 1. The van der Waals surface area contributed by atoms with Gasteiger partial charge in [-0.05, 0) is 49.2 Å². The first-order chi connectivity index (χ1) is 13.0. The van der Waals surface area contributed by atoms with Crippen molar-refractivity contribution in [3.63, 3.8) is 0 Å². The normalized spacial score (nSPS) is 10.6. The van der Waals surface area contributed by atoms with Crippen molar-refractivity contribution in [3.8, 4) is 5.75 Å². The molecule has 2 amide bonds. The fraction of sp³-hybridized carbons (Fsp3) is 0.250. The van der Waals surface area contributed by atoms with Crippen LogP contribution in [0.1, 0.15) is 23.4 Å². The van der Waals surface area contributed by atoms with Gasteiger partial charge in [-0.1, -0.05) is 18.2 Å². The van der Waals surface area contributed by atoms with Gasteiger partial charge in [0, 0.05) is 12.8 Å². The number of benzene rings is 2. The van der Waals surface area contributed by atoms with Gasteiger partial charge in [-0.2, -0.15) is 0 Å². The molecule has 0 spiro atoms. The number of rotatable bonds is 6. The summed E-state index contributed by atoms with van der Waals surface area (Å²) in [6.45, 7) is 3.75. The molecule has 0 fully saturated rings. The Labute approximate surface area is 157 Å². The van der Waals surface area contributed by atoms with Gasteiger partial charge in [-0.25, -0.2) is 4.98 Å². The van der Waals surface area contributed by atoms with Crippen LogP contribution in [-0.4, -0.2) is 28.4 Å². The van der Waals surface area contributed by atoms with Crippen LogP contribution in [0.15, 0.2) is 42.5 Å². The molecule has 0 aliphatic rings. The monoisotopic (exact) mass is 366 g/mol. The van der Waals surface area contributed by atoms with Crippen molar-refractivity contribution in [2.24, 2.45) is 0 Å². The first-order valence-corrected chi connectivity index (χ1v) is 8.72. The standard InChI is InChI=1S/C20H22N4O3/c1-13-9-14(2)11-15(10-13)27-12-20(26)24-23-19(25)8-7-18-21-16-5-3-4-6-17(16)22-18/h3-6,9-11H,7-8,12H2,1-2H3,(H,21,22)(H,23,25)(H,24,26). The van der Waals surface area contributed by atoms with E-state index >= 15 is 0 Å². The summed E-state index contributed by atoms with van der Waals surface area (Å²) in [7, 11) is 0. The predicted molar refractivity (Wildman–Crippen MR) is 102 cm³/mol. The lowest BCUT2D eigenvalue weighted by Gasteiger charge is -2.09. The topological polar surface area (TPSA) is 96.1 Å². The number of H-pyrrole nitrogens is 1. The van der Waals surface area contributed by atoms with Gasteiger partial charge in [0.15, 0.2) is 6.61 Å². The Balaban J connectivity index is 1.39. The zero-order valence-corrected chi connectivity index (χ0v) is 15.3. The molecule has 0 unspecified atom stereocenters. The maximum Gasteiger partial charge on any atom is 0.276 e. The highest BCUT2D eigenvalue weighted by molar-refractivity contribution is 5.83. The van der Waals surface area contributed by atoms with Crippen LogP contribution in [-0.2, 0) is 16.0 Å². The molecule has 7 heteroatoms. The van der Waals surface area contributed by atoms with E-state index in [0.717, 1.165) is 28.0 Å². The van der Waals surface area contributed by atoms with Crippen LogP contribution in [0.3, 0.4) is 0 Å². The molecule has 2 aromatic carbocycles. The van der Waals surface area contributed by atoms with E-state index in [1.807, 2.05) is 56.3 Å². The van der Waals surface area contributed by atoms with Gasteiger partial charge in [0.05, 0.1) is 11.0 Å². The number of nitrogens with one attached hydrogen (secondary N) is 3. The van der Waals surface area contributed by atoms with Gasteiger partial charge < -0.3 is 9.72 Å². The summed E-state index contributed by atoms with van der Waals surface area (Å²) in [4.78, 5) is 31.3. The number of aromatic nitrogens is 2. The van der Waals surface area contributed by atoms with Crippen LogP contribution >= 0.6 is 0 Å². The van der Waals surface area contributed by atoms with Crippen molar-refractivity contribution >= 4 is 22.8 Å². The first kappa shape index (κ1) is 18.4. The number of carbonyl (C=O) groups excluding carboxylic acids is 2. The molecular formula is C20H22N4O3. The summed E-state index contributed by atoms with van der Waals surface area (Å²) < 4.78 is 5.45. The van der Waals surface area contributed by atoms with Crippen LogP contribution in [0.4, 0.5) is 0 Å². The Hall–Kier alpha value is -3.35.